The van der Waals surface area contributed by atoms with Crippen molar-refractivity contribution in [3.8, 4) is 0 Å². The van der Waals surface area contributed by atoms with Crippen molar-refractivity contribution >= 4 is 16.6 Å². The predicted octanol–water partition coefficient (Wildman–Crippen LogP) is 2.45. The van der Waals surface area contributed by atoms with Crippen LogP contribution in [-0.4, -0.2) is 9.91 Å². The van der Waals surface area contributed by atoms with Crippen molar-refractivity contribution in [2.75, 3.05) is 0 Å². The van der Waals surface area contributed by atoms with Gasteiger partial charge in [-0.1, -0.05) is 12.1 Å². The highest BCUT2D eigenvalue weighted by Gasteiger charge is 2.15. The first kappa shape index (κ1) is 8.62. The molecular weight excluding hydrogens is 180 g/mol. The Balaban J connectivity index is 2.90. The molecule has 0 bridgehead atoms. The van der Waals surface area contributed by atoms with Gasteiger partial charge in [-0.15, -0.1) is 0 Å². The molecule has 0 aliphatic heterocycles. The van der Waals surface area contributed by atoms with E-state index in [4.69, 9.17) is 0 Å². The van der Waals surface area contributed by atoms with Crippen molar-refractivity contribution in [2.24, 2.45) is 0 Å². The quantitative estimate of drug-likeness (QED) is 0.510. The average molecular weight is 188 g/mol. The van der Waals surface area contributed by atoms with E-state index < -0.39 is 0 Å². The second kappa shape index (κ2) is 3.06. The molecule has 2 aromatic rings. The largest absolute Gasteiger partial charge is 0.283 e. The lowest BCUT2D eigenvalue weighted by Gasteiger charge is -2.00. The molecule has 1 aromatic carbocycles. The van der Waals surface area contributed by atoms with Gasteiger partial charge in [-0.3, -0.25) is 15.1 Å². The zero-order valence-corrected chi connectivity index (χ0v) is 7.60. The van der Waals surface area contributed by atoms with Gasteiger partial charge in [-0.25, -0.2) is 0 Å². The van der Waals surface area contributed by atoms with Gasteiger partial charge in [0.25, 0.3) is 5.69 Å². The third-order valence-corrected chi connectivity index (χ3v) is 2.11. The summed E-state index contributed by atoms with van der Waals surface area (Å²) in [6, 6.07) is 7.07. The molecule has 1 heterocycles. The van der Waals surface area contributed by atoms with Gasteiger partial charge in [0.05, 0.1) is 15.8 Å². The van der Waals surface area contributed by atoms with Gasteiger partial charge in [-0.2, -0.15) is 0 Å². The predicted molar refractivity (Wildman–Crippen MR) is 53.1 cm³/mol. The van der Waals surface area contributed by atoms with Crippen molar-refractivity contribution in [1.29, 1.82) is 0 Å². The Morgan fingerprint density at radius 1 is 1.36 bits per heavy atom. The first-order valence-electron chi connectivity index (χ1n) is 4.19. The normalized spacial score (nSPS) is 10.4. The van der Waals surface area contributed by atoms with Gasteiger partial charge < -0.3 is 0 Å². The van der Waals surface area contributed by atoms with Crippen molar-refractivity contribution in [3.05, 3.63) is 46.1 Å². The lowest BCUT2D eigenvalue weighted by Crippen LogP contribution is -1.94. The Kier molecular flexibility index (Phi) is 1.89. The van der Waals surface area contributed by atoms with E-state index in [1.54, 1.807) is 25.1 Å². The second-order valence-corrected chi connectivity index (χ2v) is 3.06. The van der Waals surface area contributed by atoms with E-state index in [-0.39, 0.29) is 10.6 Å². The number of benzene rings is 1. The molecule has 70 valence electrons. The number of nitro groups is 1. The van der Waals surface area contributed by atoms with Crippen LogP contribution in [0.5, 0.6) is 0 Å². The van der Waals surface area contributed by atoms with Crippen LogP contribution in [0.25, 0.3) is 10.9 Å². The van der Waals surface area contributed by atoms with Crippen LogP contribution >= 0.6 is 0 Å². The number of aryl methyl sites for hydroxylation is 1. The third-order valence-electron chi connectivity index (χ3n) is 2.11. The van der Waals surface area contributed by atoms with Gasteiger partial charge in [0.15, 0.2) is 0 Å². The Labute approximate surface area is 80.4 Å². The fraction of sp³-hybridized carbons (Fsp3) is 0.100. The summed E-state index contributed by atoms with van der Waals surface area (Å²) in [4.78, 5) is 14.6. The van der Waals surface area contributed by atoms with Crippen LogP contribution in [0.4, 0.5) is 5.69 Å². The van der Waals surface area contributed by atoms with Gasteiger partial charge in [-0.05, 0) is 19.1 Å². The monoisotopic (exact) mass is 188 g/mol. The Hall–Kier alpha value is -1.97. The minimum atomic E-state index is -0.362. The second-order valence-electron chi connectivity index (χ2n) is 3.06. The minimum absolute atomic E-state index is 0.149. The molecule has 14 heavy (non-hydrogen) atoms. The molecule has 4 heteroatoms. The van der Waals surface area contributed by atoms with E-state index in [1.165, 1.54) is 6.20 Å². The summed E-state index contributed by atoms with van der Waals surface area (Å²) in [6.45, 7) is 1.69. The molecule has 0 radical (unpaired) electrons. The maximum Gasteiger partial charge on any atom is 0.283 e. The molecule has 0 aliphatic rings. The SMILES string of the molecule is Cc1cnc2ccccc2c1[N+](=O)[O-]. The lowest BCUT2D eigenvalue weighted by molar-refractivity contribution is -0.383. The molecule has 0 atom stereocenters. The molecule has 0 spiro atoms. The molecular formula is C10H8N2O2. The fourth-order valence-corrected chi connectivity index (χ4v) is 1.47. The van der Waals surface area contributed by atoms with Crippen LogP contribution in [0.1, 0.15) is 5.56 Å². The smallest absolute Gasteiger partial charge is 0.258 e. The van der Waals surface area contributed by atoms with E-state index in [1.807, 2.05) is 6.07 Å². The molecule has 0 amide bonds. The first-order valence-corrected chi connectivity index (χ1v) is 4.19. The van der Waals surface area contributed by atoms with Crippen LogP contribution in [0.15, 0.2) is 30.5 Å². The molecule has 0 saturated heterocycles. The molecule has 1 aromatic heterocycles. The van der Waals surface area contributed by atoms with Gasteiger partial charge >= 0.3 is 0 Å². The van der Waals surface area contributed by atoms with E-state index in [0.29, 0.717) is 16.5 Å². The summed E-state index contributed by atoms with van der Waals surface area (Å²) in [5, 5.41) is 11.4. The van der Waals surface area contributed by atoms with Crippen molar-refractivity contribution in [2.45, 2.75) is 6.92 Å². The third kappa shape index (κ3) is 1.21. The zero-order chi connectivity index (χ0) is 10.1. The Bertz CT molecular complexity index is 508. The Morgan fingerprint density at radius 2 is 2.07 bits per heavy atom. The van der Waals surface area contributed by atoms with E-state index >= 15 is 0 Å². The van der Waals surface area contributed by atoms with Gasteiger partial charge in [0.1, 0.15) is 0 Å². The fourth-order valence-electron chi connectivity index (χ4n) is 1.47. The van der Waals surface area contributed by atoms with E-state index in [2.05, 4.69) is 4.98 Å². The first-order chi connectivity index (χ1) is 6.70. The van der Waals surface area contributed by atoms with Gasteiger partial charge in [0, 0.05) is 11.8 Å². The number of nitrogens with zero attached hydrogens (tertiary/aromatic N) is 2. The molecule has 4 nitrogen and oxygen atoms in total. The number of hydrogen-bond acceptors (Lipinski definition) is 3. The van der Waals surface area contributed by atoms with Crippen LogP contribution in [-0.2, 0) is 0 Å². The van der Waals surface area contributed by atoms with Crippen molar-refractivity contribution < 1.29 is 4.92 Å². The number of fused-ring (bicyclic) bond motifs is 1. The highest BCUT2D eigenvalue weighted by molar-refractivity contribution is 5.88. The molecule has 0 aliphatic carbocycles. The number of para-hydroxylation sites is 1. The maximum atomic E-state index is 10.8. The number of pyridine rings is 1. The number of hydrogen-bond donors (Lipinski definition) is 0. The maximum absolute atomic E-state index is 10.8. The topological polar surface area (TPSA) is 56.0 Å². The highest BCUT2D eigenvalue weighted by Crippen LogP contribution is 2.26. The summed E-state index contributed by atoms with van der Waals surface area (Å²) in [6.07, 6.45) is 1.53. The average Bonchev–Trinajstić information content (AvgIpc) is 2.17. The molecule has 2 rings (SSSR count). The summed E-state index contributed by atoms with van der Waals surface area (Å²) in [5.74, 6) is 0. The molecule has 0 N–H and O–H groups in total. The number of aromatic nitrogens is 1. The summed E-state index contributed by atoms with van der Waals surface area (Å²) in [5.41, 5.74) is 1.40. The van der Waals surface area contributed by atoms with E-state index in [0.717, 1.165) is 0 Å². The standard InChI is InChI=1S/C10H8N2O2/c1-7-6-11-9-5-3-2-4-8(9)10(7)12(13)14/h2-6H,1H3. The van der Waals surface area contributed by atoms with Crippen molar-refractivity contribution in [3.63, 3.8) is 0 Å². The Morgan fingerprint density at radius 3 is 2.79 bits per heavy atom. The van der Waals surface area contributed by atoms with E-state index in [9.17, 15) is 10.1 Å². The minimum Gasteiger partial charge on any atom is -0.258 e. The molecule has 0 fully saturated rings. The number of rotatable bonds is 1. The molecule has 0 unspecified atom stereocenters. The van der Waals surface area contributed by atoms with Crippen LogP contribution in [0.2, 0.25) is 0 Å². The summed E-state index contributed by atoms with van der Waals surface area (Å²) in [7, 11) is 0. The zero-order valence-electron chi connectivity index (χ0n) is 7.60. The van der Waals surface area contributed by atoms with Crippen LogP contribution < -0.4 is 0 Å². The van der Waals surface area contributed by atoms with Crippen LogP contribution in [0.3, 0.4) is 0 Å². The summed E-state index contributed by atoms with van der Waals surface area (Å²) < 4.78 is 0. The van der Waals surface area contributed by atoms with Crippen LogP contribution in [0, 0.1) is 17.0 Å². The summed E-state index contributed by atoms with van der Waals surface area (Å²) >= 11 is 0. The highest BCUT2D eigenvalue weighted by atomic mass is 16.6. The molecule has 0 saturated carbocycles. The van der Waals surface area contributed by atoms with Crippen molar-refractivity contribution in [1.82, 2.24) is 4.98 Å². The van der Waals surface area contributed by atoms with Gasteiger partial charge in [0.2, 0.25) is 0 Å². The lowest BCUT2D eigenvalue weighted by atomic mass is 10.1.